The number of nitrogens with one attached hydrogen (secondary N) is 2. The lowest BCUT2D eigenvalue weighted by Gasteiger charge is -2.30. The van der Waals surface area contributed by atoms with Crippen molar-refractivity contribution in [1.82, 2.24) is 20.2 Å². The number of hydrogen-bond donors (Lipinski definition) is 3. The Kier molecular flexibility index (Phi) is 7.22. The molecule has 6 nitrogen and oxygen atoms in total. The lowest BCUT2D eigenvalue weighted by molar-refractivity contribution is 0.196. The minimum absolute atomic E-state index is 0.0962. The van der Waals surface area contributed by atoms with Crippen LogP contribution >= 0.6 is 0 Å². The molecule has 1 atom stereocenters. The quantitative estimate of drug-likeness (QED) is 0.642. The fourth-order valence-electron chi connectivity index (χ4n) is 3.20. The number of aliphatic hydroxyl groups is 1. The van der Waals surface area contributed by atoms with E-state index < -0.39 is 0 Å². The molecule has 2 amide bonds. The molecule has 6 heteroatoms. The summed E-state index contributed by atoms with van der Waals surface area (Å²) in [6, 6.07) is -0.0198. The van der Waals surface area contributed by atoms with Crippen LogP contribution in [0.1, 0.15) is 44.9 Å². The Morgan fingerprint density at radius 2 is 2.18 bits per heavy atom. The molecule has 0 saturated heterocycles. The molecule has 1 unspecified atom stereocenters. The molecule has 124 valence electrons. The van der Waals surface area contributed by atoms with Gasteiger partial charge in [0.25, 0.3) is 0 Å². The number of amides is 2. The smallest absolute Gasteiger partial charge is 0.315 e. The molecule has 1 aliphatic carbocycles. The molecule has 1 heterocycles. The van der Waals surface area contributed by atoms with Gasteiger partial charge < -0.3 is 20.3 Å². The summed E-state index contributed by atoms with van der Waals surface area (Å²) in [6.45, 7) is 1.62. The van der Waals surface area contributed by atoms with Crippen LogP contribution in [0.5, 0.6) is 0 Å². The Bertz CT molecular complexity index is 416. The Morgan fingerprint density at radius 3 is 2.86 bits per heavy atom. The van der Waals surface area contributed by atoms with E-state index in [1.807, 2.05) is 10.8 Å². The van der Waals surface area contributed by atoms with Gasteiger partial charge in [0.15, 0.2) is 0 Å². The van der Waals surface area contributed by atoms with E-state index in [4.69, 9.17) is 0 Å². The minimum Gasteiger partial charge on any atom is -0.396 e. The number of carbonyl (C=O) groups is 1. The Balaban J connectivity index is 1.66. The zero-order chi connectivity index (χ0) is 15.6. The van der Waals surface area contributed by atoms with Crippen molar-refractivity contribution in [2.24, 2.45) is 5.92 Å². The number of rotatable bonds is 8. The zero-order valence-electron chi connectivity index (χ0n) is 13.2. The molecule has 0 spiro atoms. The predicted molar refractivity (Wildman–Crippen MR) is 85.4 cm³/mol. The number of aromatic nitrogens is 2. The van der Waals surface area contributed by atoms with Gasteiger partial charge in [0.05, 0.1) is 6.33 Å². The van der Waals surface area contributed by atoms with Crippen LogP contribution < -0.4 is 10.6 Å². The van der Waals surface area contributed by atoms with Gasteiger partial charge in [-0.1, -0.05) is 19.3 Å². The van der Waals surface area contributed by atoms with Gasteiger partial charge in [-0.05, 0) is 31.6 Å². The van der Waals surface area contributed by atoms with Gasteiger partial charge >= 0.3 is 6.03 Å². The molecule has 1 aliphatic rings. The average Bonchev–Trinajstić information content (AvgIpc) is 3.05. The van der Waals surface area contributed by atoms with Crippen molar-refractivity contribution in [3.8, 4) is 0 Å². The molecule has 1 aromatic heterocycles. The van der Waals surface area contributed by atoms with Crippen LogP contribution in [0.3, 0.4) is 0 Å². The second-order valence-electron chi connectivity index (χ2n) is 6.07. The van der Waals surface area contributed by atoms with E-state index in [1.54, 1.807) is 12.5 Å². The summed E-state index contributed by atoms with van der Waals surface area (Å²) in [5.41, 5.74) is 0. The van der Waals surface area contributed by atoms with E-state index in [0.29, 0.717) is 18.9 Å². The van der Waals surface area contributed by atoms with Crippen molar-refractivity contribution in [2.75, 3.05) is 13.2 Å². The molecule has 1 aromatic rings. The third kappa shape index (κ3) is 5.67. The van der Waals surface area contributed by atoms with E-state index in [1.165, 1.54) is 19.3 Å². The van der Waals surface area contributed by atoms with Gasteiger partial charge in [-0.2, -0.15) is 0 Å². The van der Waals surface area contributed by atoms with Crippen molar-refractivity contribution < 1.29 is 9.90 Å². The first-order chi connectivity index (χ1) is 10.8. The predicted octanol–water partition coefficient (Wildman–Crippen LogP) is 1.90. The van der Waals surface area contributed by atoms with Gasteiger partial charge in [-0.15, -0.1) is 0 Å². The summed E-state index contributed by atoms with van der Waals surface area (Å²) in [4.78, 5) is 16.0. The van der Waals surface area contributed by atoms with Gasteiger partial charge in [-0.3, -0.25) is 0 Å². The Hall–Kier alpha value is -1.56. The Labute approximate surface area is 132 Å². The molecule has 1 saturated carbocycles. The summed E-state index contributed by atoms with van der Waals surface area (Å²) in [6.07, 6.45) is 13.1. The van der Waals surface area contributed by atoms with E-state index in [9.17, 15) is 9.90 Å². The van der Waals surface area contributed by atoms with Gasteiger partial charge in [0.1, 0.15) is 0 Å². The number of hydrogen-bond acceptors (Lipinski definition) is 3. The van der Waals surface area contributed by atoms with E-state index in [2.05, 4.69) is 15.6 Å². The topological polar surface area (TPSA) is 79.2 Å². The maximum atomic E-state index is 12.0. The number of nitrogens with zero attached hydrogens (tertiary/aromatic N) is 2. The third-order valence-electron chi connectivity index (χ3n) is 4.41. The molecule has 2 rings (SSSR count). The maximum absolute atomic E-state index is 12.0. The van der Waals surface area contributed by atoms with Crippen LogP contribution in [0.4, 0.5) is 4.79 Å². The minimum atomic E-state index is -0.116. The van der Waals surface area contributed by atoms with Crippen molar-refractivity contribution >= 4 is 6.03 Å². The normalized spacial score (nSPS) is 17.1. The highest BCUT2D eigenvalue weighted by Gasteiger charge is 2.24. The molecule has 3 N–H and O–H groups in total. The molecule has 0 aliphatic heterocycles. The molecular weight excluding hydrogens is 280 g/mol. The molecule has 1 fully saturated rings. The molecule has 22 heavy (non-hydrogen) atoms. The highest BCUT2D eigenvalue weighted by Crippen LogP contribution is 2.27. The summed E-state index contributed by atoms with van der Waals surface area (Å²) < 4.78 is 2.00. The van der Waals surface area contributed by atoms with Gasteiger partial charge in [0, 0.05) is 38.1 Å². The number of carbonyl (C=O) groups excluding carboxylic acids is 1. The SMILES string of the molecule is O=C(NCCCn1ccnc1)NC(CCO)C1CCCCC1. The second-order valence-corrected chi connectivity index (χ2v) is 6.07. The zero-order valence-corrected chi connectivity index (χ0v) is 13.2. The molecule has 0 bridgehead atoms. The van der Waals surface area contributed by atoms with Crippen molar-refractivity contribution in [2.45, 2.75) is 57.5 Å². The molecule has 0 radical (unpaired) electrons. The first-order valence-electron chi connectivity index (χ1n) is 8.40. The first-order valence-corrected chi connectivity index (χ1v) is 8.40. The van der Waals surface area contributed by atoms with Crippen molar-refractivity contribution in [3.05, 3.63) is 18.7 Å². The highest BCUT2D eigenvalue weighted by molar-refractivity contribution is 5.74. The van der Waals surface area contributed by atoms with Crippen LogP contribution in [0, 0.1) is 5.92 Å². The highest BCUT2D eigenvalue weighted by atomic mass is 16.3. The van der Waals surface area contributed by atoms with Crippen LogP contribution in [-0.2, 0) is 6.54 Å². The van der Waals surface area contributed by atoms with Crippen LogP contribution in [0.2, 0.25) is 0 Å². The monoisotopic (exact) mass is 308 g/mol. The third-order valence-corrected chi connectivity index (χ3v) is 4.41. The van der Waals surface area contributed by atoms with E-state index in [0.717, 1.165) is 25.8 Å². The Morgan fingerprint density at radius 1 is 1.36 bits per heavy atom. The maximum Gasteiger partial charge on any atom is 0.315 e. The number of aliphatic hydroxyl groups excluding tert-OH is 1. The van der Waals surface area contributed by atoms with Crippen molar-refractivity contribution in [3.63, 3.8) is 0 Å². The summed E-state index contributed by atoms with van der Waals surface area (Å²) in [7, 11) is 0. The average molecular weight is 308 g/mol. The lowest BCUT2D eigenvalue weighted by Crippen LogP contribution is -2.46. The molecular formula is C16H28N4O2. The lowest BCUT2D eigenvalue weighted by atomic mass is 9.83. The van der Waals surface area contributed by atoms with E-state index >= 15 is 0 Å². The van der Waals surface area contributed by atoms with E-state index in [-0.39, 0.29) is 18.7 Å². The fraction of sp³-hybridized carbons (Fsp3) is 0.750. The summed E-state index contributed by atoms with van der Waals surface area (Å²) in [5.74, 6) is 0.512. The second kappa shape index (κ2) is 9.46. The number of imidazole rings is 1. The van der Waals surface area contributed by atoms with Crippen molar-refractivity contribution in [1.29, 1.82) is 0 Å². The summed E-state index contributed by atoms with van der Waals surface area (Å²) in [5, 5.41) is 15.2. The largest absolute Gasteiger partial charge is 0.396 e. The number of aryl methyl sites for hydroxylation is 1. The van der Waals surface area contributed by atoms with Crippen LogP contribution in [-0.4, -0.2) is 39.9 Å². The van der Waals surface area contributed by atoms with Gasteiger partial charge in [-0.25, -0.2) is 9.78 Å². The number of urea groups is 1. The standard InChI is InChI=1S/C16H28N4O2/c21-12-7-15(14-5-2-1-3-6-14)19-16(22)18-8-4-10-20-11-9-17-13-20/h9,11,13-15,21H,1-8,10,12H2,(H2,18,19,22). The first kappa shape index (κ1) is 16.8. The van der Waals surface area contributed by atoms with Crippen LogP contribution in [0.15, 0.2) is 18.7 Å². The summed E-state index contributed by atoms with van der Waals surface area (Å²) >= 11 is 0. The molecule has 0 aromatic carbocycles. The fourth-order valence-corrected chi connectivity index (χ4v) is 3.20. The van der Waals surface area contributed by atoms with Gasteiger partial charge in [0.2, 0.25) is 0 Å². The van der Waals surface area contributed by atoms with Crippen LogP contribution in [0.25, 0.3) is 0 Å².